The fourth-order valence-electron chi connectivity index (χ4n) is 2.84. The van der Waals surface area contributed by atoms with Crippen molar-refractivity contribution in [3.63, 3.8) is 0 Å². The number of nitrogens with one attached hydrogen (secondary N) is 1. The van der Waals surface area contributed by atoms with Gasteiger partial charge in [0.1, 0.15) is 0 Å². The van der Waals surface area contributed by atoms with Gasteiger partial charge in [-0.15, -0.1) is 0 Å². The van der Waals surface area contributed by atoms with Gasteiger partial charge in [0.25, 0.3) is 5.56 Å². The molecule has 0 saturated carbocycles. The highest BCUT2D eigenvalue weighted by molar-refractivity contribution is 5.43. The normalized spacial score (nSPS) is 11.9. The van der Waals surface area contributed by atoms with Crippen molar-refractivity contribution in [1.82, 2.24) is 9.78 Å². The summed E-state index contributed by atoms with van der Waals surface area (Å²) in [5, 5.41) is 3.05. The van der Waals surface area contributed by atoms with Crippen LogP contribution in [0.1, 0.15) is 57.4 Å². The molecular formula is C18H26N2O. The summed E-state index contributed by atoms with van der Waals surface area (Å²) in [4.78, 5) is 12.4. The van der Waals surface area contributed by atoms with Crippen LogP contribution in [0.5, 0.6) is 0 Å². The Labute approximate surface area is 127 Å². The van der Waals surface area contributed by atoms with Gasteiger partial charge in [-0.05, 0) is 31.4 Å². The molecule has 0 radical (unpaired) electrons. The molecule has 21 heavy (non-hydrogen) atoms. The van der Waals surface area contributed by atoms with Crippen LogP contribution >= 0.6 is 0 Å². The molecule has 0 bridgehead atoms. The van der Waals surface area contributed by atoms with E-state index in [1.807, 2.05) is 16.8 Å². The first kappa shape index (κ1) is 15.6. The highest BCUT2D eigenvalue weighted by atomic mass is 16.1. The number of hydrogen-bond donors (Lipinski definition) is 1. The van der Waals surface area contributed by atoms with E-state index in [9.17, 15) is 4.79 Å². The number of benzene rings is 1. The Balaban J connectivity index is 2.67. The zero-order valence-electron chi connectivity index (χ0n) is 13.8. The average molecular weight is 286 g/mol. The monoisotopic (exact) mass is 286 g/mol. The van der Waals surface area contributed by atoms with Crippen molar-refractivity contribution in [2.45, 2.75) is 59.3 Å². The van der Waals surface area contributed by atoms with E-state index in [1.165, 1.54) is 0 Å². The first-order valence-electron chi connectivity index (χ1n) is 7.76. The number of hydrogen-bond acceptors (Lipinski definition) is 1. The highest BCUT2D eigenvalue weighted by Gasteiger charge is 2.26. The molecule has 0 amide bonds. The minimum Gasteiger partial charge on any atom is -0.268 e. The minimum absolute atomic E-state index is 0.0524. The summed E-state index contributed by atoms with van der Waals surface area (Å²) < 4.78 is 1.99. The van der Waals surface area contributed by atoms with Crippen molar-refractivity contribution in [2.24, 2.45) is 0 Å². The smallest absolute Gasteiger partial charge is 0.267 e. The molecule has 1 N–H and O–H groups in total. The summed E-state index contributed by atoms with van der Waals surface area (Å²) in [6, 6.07) is 8.17. The number of nitrogens with zero attached hydrogens (tertiary/aromatic N) is 1. The van der Waals surface area contributed by atoms with Crippen LogP contribution < -0.4 is 5.56 Å². The van der Waals surface area contributed by atoms with Crippen molar-refractivity contribution in [2.75, 3.05) is 0 Å². The number of aryl methyl sites for hydroxylation is 1. The number of aromatic nitrogens is 2. The first-order chi connectivity index (χ1) is 9.86. The lowest BCUT2D eigenvalue weighted by Gasteiger charge is -2.23. The third kappa shape index (κ3) is 3.12. The molecule has 2 aromatic rings. The third-order valence-corrected chi connectivity index (χ3v) is 3.84. The number of para-hydroxylation sites is 1. The number of aromatic amines is 1. The Kier molecular flexibility index (Phi) is 4.40. The van der Waals surface area contributed by atoms with E-state index >= 15 is 0 Å². The van der Waals surface area contributed by atoms with Gasteiger partial charge in [0.15, 0.2) is 0 Å². The van der Waals surface area contributed by atoms with Crippen molar-refractivity contribution >= 4 is 0 Å². The minimum atomic E-state index is -0.0789. The maximum Gasteiger partial charge on any atom is 0.267 e. The van der Waals surface area contributed by atoms with Crippen LogP contribution in [-0.2, 0) is 11.8 Å². The Morgan fingerprint density at radius 2 is 1.86 bits per heavy atom. The Bertz CT molecular complexity index is 671. The molecule has 3 heteroatoms. The van der Waals surface area contributed by atoms with Gasteiger partial charge < -0.3 is 0 Å². The topological polar surface area (TPSA) is 37.8 Å². The van der Waals surface area contributed by atoms with Crippen LogP contribution in [0, 0.1) is 6.92 Å². The van der Waals surface area contributed by atoms with E-state index in [4.69, 9.17) is 0 Å². The van der Waals surface area contributed by atoms with E-state index in [1.54, 1.807) is 0 Å². The Morgan fingerprint density at radius 1 is 1.19 bits per heavy atom. The van der Waals surface area contributed by atoms with Crippen molar-refractivity contribution in [3.05, 3.63) is 51.4 Å². The van der Waals surface area contributed by atoms with Gasteiger partial charge in [0.2, 0.25) is 0 Å². The molecule has 0 spiro atoms. The lowest BCUT2D eigenvalue weighted by atomic mass is 9.87. The molecule has 2 rings (SSSR count). The number of unbranched alkanes of at least 4 members (excludes halogenated alkanes) is 1. The fourth-order valence-corrected chi connectivity index (χ4v) is 2.84. The first-order valence-corrected chi connectivity index (χ1v) is 7.76. The van der Waals surface area contributed by atoms with E-state index in [-0.39, 0.29) is 11.0 Å². The summed E-state index contributed by atoms with van der Waals surface area (Å²) >= 11 is 0. The highest BCUT2D eigenvalue weighted by Crippen LogP contribution is 2.28. The Hall–Kier alpha value is -1.77. The molecular weight excluding hydrogens is 260 g/mol. The van der Waals surface area contributed by atoms with E-state index in [0.29, 0.717) is 0 Å². The molecule has 1 heterocycles. The average Bonchev–Trinajstić information content (AvgIpc) is 2.73. The molecule has 0 fully saturated rings. The molecule has 0 unspecified atom stereocenters. The summed E-state index contributed by atoms with van der Waals surface area (Å²) in [6.07, 6.45) is 2.99. The van der Waals surface area contributed by atoms with Crippen LogP contribution in [0.4, 0.5) is 0 Å². The molecule has 114 valence electrons. The molecule has 1 aromatic carbocycles. The lowest BCUT2D eigenvalue weighted by Crippen LogP contribution is -2.20. The van der Waals surface area contributed by atoms with Crippen molar-refractivity contribution in [3.8, 4) is 5.69 Å². The second-order valence-corrected chi connectivity index (χ2v) is 6.74. The Morgan fingerprint density at radius 3 is 2.43 bits per heavy atom. The van der Waals surface area contributed by atoms with Crippen LogP contribution in [-0.4, -0.2) is 9.78 Å². The summed E-state index contributed by atoms with van der Waals surface area (Å²) in [5.74, 6) is 0. The quantitative estimate of drug-likeness (QED) is 0.902. The maximum atomic E-state index is 12.4. The molecule has 1 aromatic heterocycles. The second-order valence-electron chi connectivity index (χ2n) is 6.74. The van der Waals surface area contributed by atoms with Crippen LogP contribution in [0.3, 0.4) is 0 Å². The lowest BCUT2D eigenvalue weighted by molar-refractivity contribution is 0.535. The van der Waals surface area contributed by atoms with Gasteiger partial charge in [-0.3, -0.25) is 14.6 Å². The summed E-state index contributed by atoms with van der Waals surface area (Å²) in [7, 11) is 0. The molecule has 0 aliphatic heterocycles. The predicted octanol–water partition coefficient (Wildman–Crippen LogP) is 4.11. The largest absolute Gasteiger partial charge is 0.268 e. The van der Waals surface area contributed by atoms with Crippen molar-refractivity contribution < 1.29 is 0 Å². The van der Waals surface area contributed by atoms with Gasteiger partial charge in [-0.1, -0.05) is 52.3 Å². The van der Waals surface area contributed by atoms with Gasteiger partial charge in [0, 0.05) is 11.0 Å². The number of rotatable bonds is 4. The summed E-state index contributed by atoms with van der Waals surface area (Å²) in [6.45, 7) is 10.7. The summed E-state index contributed by atoms with van der Waals surface area (Å²) in [5.41, 5.74) is 4.24. The third-order valence-electron chi connectivity index (χ3n) is 3.84. The van der Waals surface area contributed by atoms with Crippen LogP contribution in [0.25, 0.3) is 5.69 Å². The number of H-pyrrole nitrogens is 1. The van der Waals surface area contributed by atoms with Gasteiger partial charge >= 0.3 is 0 Å². The van der Waals surface area contributed by atoms with E-state index in [2.05, 4.69) is 51.9 Å². The standard InChI is InChI=1S/C18H26N2O/c1-6-7-11-14-16(18(3,4)5)20(19-17(14)21)15-12-9-8-10-13(15)2/h8-10,12H,6-7,11H2,1-5H3,(H,19,21). The van der Waals surface area contributed by atoms with Gasteiger partial charge in [-0.2, -0.15) is 0 Å². The molecule has 0 aliphatic rings. The SMILES string of the molecule is CCCCc1c(C(C)(C)C)n(-c2ccccc2C)[nH]c1=O. The zero-order valence-corrected chi connectivity index (χ0v) is 13.8. The van der Waals surface area contributed by atoms with Crippen LogP contribution in [0.15, 0.2) is 29.1 Å². The zero-order chi connectivity index (χ0) is 15.6. The van der Waals surface area contributed by atoms with Gasteiger partial charge in [-0.25, -0.2) is 0 Å². The molecule has 0 saturated heterocycles. The molecule has 3 nitrogen and oxygen atoms in total. The fraction of sp³-hybridized carbons (Fsp3) is 0.500. The molecule has 0 atom stereocenters. The van der Waals surface area contributed by atoms with Gasteiger partial charge in [0.05, 0.1) is 11.4 Å². The van der Waals surface area contributed by atoms with Crippen LogP contribution in [0.2, 0.25) is 0 Å². The van der Waals surface area contributed by atoms with E-state index in [0.717, 1.165) is 41.8 Å². The second kappa shape index (κ2) is 5.92. The predicted molar refractivity (Wildman–Crippen MR) is 88.4 cm³/mol. The maximum absolute atomic E-state index is 12.4. The van der Waals surface area contributed by atoms with E-state index < -0.39 is 0 Å². The molecule has 0 aliphatic carbocycles. The van der Waals surface area contributed by atoms with Crippen molar-refractivity contribution in [1.29, 1.82) is 0 Å².